The molecule has 0 saturated carbocycles. The Hall–Kier alpha value is -3.23. The van der Waals surface area contributed by atoms with Gasteiger partial charge in [0, 0.05) is 11.8 Å². The zero-order chi connectivity index (χ0) is 18.6. The van der Waals surface area contributed by atoms with Crippen LogP contribution in [0.15, 0.2) is 48.7 Å². The van der Waals surface area contributed by atoms with Crippen molar-refractivity contribution in [3.05, 3.63) is 65.7 Å². The molecule has 3 aromatic rings. The van der Waals surface area contributed by atoms with Gasteiger partial charge in [0.15, 0.2) is 5.82 Å². The highest BCUT2D eigenvalue weighted by Crippen LogP contribution is 2.30. The maximum absolute atomic E-state index is 12.6. The Labute approximate surface area is 146 Å². The van der Waals surface area contributed by atoms with Gasteiger partial charge in [-0.25, -0.2) is 4.98 Å². The van der Waals surface area contributed by atoms with Crippen molar-refractivity contribution < 1.29 is 18.0 Å². The Kier molecular flexibility index (Phi) is 4.97. The van der Waals surface area contributed by atoms with Crippen LogP contribution in [0.25, 0.3) is 11.4 Å². The smallest absolute Gasteiger partial charge is 0.350 e. The van der Waals surface area contributed by atoms with Crippen molar-refractivity contribution >= 4 is 5.91 Å². The molecular weight excluding hydrogens is 347 g/mol. The van der Waals surface area contributed by atoms with Crippen molar-refractivity contribution in [2.75, 3.05) is 0 Å². The summed E-state index contributed by atoms with van der Waals surface area (Å²) >= 11 is 0. The van der Waals surface area contributed by atoms with Crippen LogP contribution >= 0.6 is 0 Å². The lowest BCUT2D eigenvalue weighted by molar-refractivity contribution is -0.137. The summed E-state index contributed by atoms with van der Waals surface area (Å²) in [5, 5.41) is 9.26. The van der Waals surface area contributed by atoms with Crippen LogP contribution in [-0.2, 0) is 23.9 Å². The molecule has 1 aromatic carbocycles. The number of rotatable bonds is 5. The third kappa shape index (κ3) is 4.44. The van der Waals surface area contributed by atoms with Gasteiger partial charge >= 0.3 is 6.18 Å². The third-order valence-electron chi connectivity index (χ3n) is 3.52. The SMILES string of the molecule is O=C(Cc1nc(-c2ccc(C(F)(F)F)cc2)n[nH]1)NCc1ccccn1. The summed E-state index contributed by atoms with van der Waals surface area (Å²) in [5.41, 5.74) is 0.407. The average molecular weight is 361 g/mol. The van der Waals surface area contributed by atoms with Crippen molar-refractivity contribution in [3.8, 4) is 11.4 Å². The minimum Gasteiger partial charge on any atom is -0.350 e. The van der Waals surface area contributed by atoms with E-state index in [4.69, 9.17) is 0 Å². The van der Waals surface area contributed by atoms with Gasteiger partial charge in [-0.05, 0) is 24.3 Å². The monoisotopic (exact) mass is 361 g/mol. The number of alkyl halides is 3. The van der Waals surface area contributed by atoms with E-state index in [9.17, 15) is 18.0 Å². The van der Waals surface area contributed by atoms with Crippen molar-refractivity contribution in [2.24, 2.45) is 0 Å². The standard InChI is InChI=1S/C17H14F3N5O/c18-17(19,20)12-6-4-11(5-7-12)16-23-14(24-25-16)9-15(26)22-10-13-3-1-2-8-21-13/h1-8H,9-10H2,(H,22,26)(H,23,24,25). The summed E-state index contributed by atoms with van der Waals surface area (Å²) in [4.78, 5) is 20.2. The second kappa shape index (κ2) is 7.34. The summed E-state index contributed by atoms with van der Waals surface area (Å²) in [5.74, 6) is 0.274. The number of hydrogen-bond acceptors (Lipinski definition) is 4. The lowest BCUT2D eigenvalue weighted by atomic mass is 10.1. The topological polar surface area (TPSA) is 83.6 Å². The molecule has 0 aliphatic carbocycles. The predicted molar refractivity (Wildman–Crippen MR) is 86.6 cm³/mol. The molecule has 2 N–H and O–H groups in total. The first-order valence-corrected chi connectivity index (χ1v) is 7.67. The van der Waals surface area contributed by atoms with E-state index in [1.54, 1.807) is 18.3 Å². The van der Waals surface area contributed by atoms with E-state index in [2.05, 4.69) is 25.5 Å². The van der Waals surface area contributed by atoms with Crippen LogP contribution in [0.4, 0.5) is 13.2 Å². The molecule has 0 aliphatic rings. The molecular formula is C17H14F3N5O. The zero-order valence-electron chi connectivity index (χ0n) is 13.4. The van der Waals surface area contributed by atoms with Crippen molar-refractivity contribution in [1.82, 2.24) is 25.5 Å². The lowest BCUT2D eigenvalue weighted by Crippen LogP contribution is -2.25. The molecule has 9 heteroatoms. The maximum atomic E-state index is 12.6. The van der Waals surface area contributed by atoms with Crippen molar-refractivity contribution in [3.63, 3.8) is 0 Å². The van der Waals surface area contributed by atoms with Crippen LogP contribution in [0.2, 0.25) is 0 Å². The number of aromatic amines is 1. The van der Waals surface area contributed by atoms with E-state index >= 15 is 0 Å². The largest absolute Gasteiger partial charge is 0.416 e. The molecule has 0 aliphatic heterocycles. The van der Waals surface area contributed by atoms with E-state index in [-0.39, 0.29) is 18.2 Å². The lowest BCUT2D eigenvalue weighted by Gasteiger charge is -2.06. The number of pyridine rings is 1. The normalized spacial score (nSPS) is 11.3. The summed E-state index contributed by atoms with van der Waals surface area (Å²) < 4.78 is 37.7. The van der Waals surface area contributed by atoms with Gasteiger partial charge in [-0.3, -0.25) is 14.9 Å². The third-order valence-corrected chi connectivity index (χ3v) is 3.52. The molecule has 0 bridgehead atoms. The van der Waals surface area contributed by atoms with Gasteiger partial charge in [0.05, 0.1) is 24.2 Å². The molecule has 2 aromatic heterocycles. The van der Waals surface area contributed by atoms with Crippen molar-refractivity contribution in [2.45, 2.75) is 19.1 Å². The first-order chi connectivity index (χ1) is 12.4. The summed E-state index contributed by atoms with van der Waals surface area (Å²) in [7, 11) is 0. The first kappa shape index (κ1) is 17.6. The number of benzene rings is 1. The second-order valence-corrected chi connectivity index (χ2v) is 5.46. The minimum absolute atomic E-state index is 0.0273. The fourth-order valence-electron chi connectivity index (χ4n) is 2.22. The fourth-order valence-corrected chi connectivity index (χ4v) is 2.22. The number of nitrogens with zero attached hydrogens (tertiary/aromatic N) is 3. The first-order valence-electron chi connectivity index (χ1n) is 7.67. The number of hydrogen-bond donors (Lipinski definition) is 2. The highest BCUT2D eigenvalue weighted by Gasteiger charge is 2.30. The molecule has 2 heterocycles. The number of carbonyl (C=O) groups excluding carboxylic acids is 1. The molecule has 26 heavy (non-hydrogen) atoms. The van der Waals surface area contributed by atoms with Crippen LogP contribution in [0, 0.1) is 0 Å². The van der Waals surface area contributed by atoms with Crippen LogP contribution in [0.5, 0.6) is 0 Å². The van der Waals surface area contributed by atoms with Crippen LogP contribution in [0.3, 0.4) is 0 Å². The van der Waals surface area contributed by atoms with E-state index < -0.39 is 11.7 Å². The molecule has 0 spiro atoms. The second-order valence-electron chi connectivity index (χ2n) is 5.46. The highest BCUT2D eigenvalue weighted by molar-refractivity contribution is 5.77. The predicted octanol–water partition coefficient (Wildman–Crippen LogP) is 2.74. The number of H-pyrrole nitrogens is 1. The maximum Gasteiger partial charge on any atom is 0.416 e. The number of halogens is 3. The van der Waals surface area contributed by atoms with Crippen LogP contribution in [0.1, 0.15) is 17.1 Å². The summed E-state index contributed by atoms with van der Waals surface area (Å²) in [6, 6.07) is 9.89. The Morgan fingerprint density at radius 3 is 2.54 bits per heavy atom. The molecule has 0 unspecified atom stereocenters. The Morgan fingerprint density at radius 2 is 1.88 bits per heavy atom. The van der Waals surface area contributed by atoms with E-state index in [1.807, 2.05) is 6.07 Å². The zero-order valence-corrected chi connectivity index (χ0v) is 13.4. The Balaban J connectivity index is 1.60. The van der Waals surface area contributed by atoms with Gasteiger partial charge in [-0.15, -0.1) is 0 Å². The number of aromatic nitrogens is 4. The fraction of sp³-hybridized carbons (Fsp3) is 0.176. The van der Waals surface area contributed by atoms with E-state index in [1.165, 1.54) is 12.1 Å². The van der Waals surface area contributed by atoms with Crippen LogP contribution < -0.4 is 5.32 Å². The van der Waals surface area contributed by atoms with Gasteiger partial charge in [-0.1, -0.05) is 18.2 Å². The number of carbonyl (C=O) groups is 1. The van der Waals surface area contributed by atoms with E-state index in [0.29, 0.717) is 17.9 Å². The number of amides is 1. The summed E-state index contributed by atoms with van der Waals surface area (Å²) in [6.45, 7) is 0.291. The average Bonchev–Trinajstić information content (AvgIpc) is 3.09. The number of nitrogens with one attached hydrogen (secondary N) is 2. The molecule has 0 atom stereocenters. The van der Waals surface area contributed by atoms with Gasteiger partial charge in [0.2, 0.25) is 5.91 Å². The van der Waals surface area contributed by atoms with Gasteiger partial charge in [-0.2, -0.15) is 18.3 Å². The molecule has 0 fully saturated rings. The molecule has 0 saturated heterocycles. The molecule has 3 rings (SSSR count). The molecule has 1 amide bonds. The minimum atomic E-state index is -4.39. The quantitative estimate of drug-likeness (QED) is 0.732. The Bertz CT molecular complexity index is 875. The van der Waals surface area contributed by atoms with Gasteiger partial charge in [0.25, 0.3) is 0 Å². The van der Waals surface area contributed by atoms with E-state index in [0.717, 1.165) is 17.8 Å². The summed E-state index contributed by atoms with van der Waals surface area (Å²) in [6.07, 6.45) is -2.79. The van der Waals surface area contributed by atoms with Gasteiger partial charge in [0.1, 0.15) is 5.82 Å². The van der Waals surface area contributed by atoms with Gasteiger partial charge < -0.3 is 5.32 Å². The molecule has 6 nitrogen and oxygen atoms in total. The van der Waals surface area contributed by atoms with Crippen LogP contribution in [-0.4, -0.2) is 26.1 Å². The molecule has 0 radical (unpaired) electrons. The highest BCUT2D eigenvalue weighted by atomic mass is 19.4. The molecule has 134 valence electrons. The van der Waals surface area contributed by atoms with Crippen molar-refractivity contribution in [1.29, 1.82) is 0 Å². The Morgan fingerprint density at radius 1 is 1.12 bits per heavy atom.